The van der Waals surface area contributed by atoms with Crippen LogP contribution in [0.15, 0.2) is 48.5 Å². The third-order valence-electron chi connectivity index (χ3n) is 6.11. The average molecular weight is 532 g/mol. The third kappa shape index (κ3) is 5.01. The first-order valence-electron chi connectivity index (χ1n) is 11.3. The van der Waals surface area contributed by atoms with Crippen LogP contribution in [0.4, 0.5) is 13.2 Å². The van der Waals surface area contributed by atoms with Crippen molar-refractivity contribution in [3.05, 3.63) is 59.1 Å². The molecule has 0 radical (unpaired) electrons. The number of nitrogens with one attached hydrogen (secondary N) is 2. The van der Waals surface area contributed by atoms with E-state index in [4.69, 9.17) is 11.6 Å². The number of para-hydroxylation sites is 1. The molecule has 2 N–H and O–H groups in total. The SMILES string of the molecule is Cn1nnc(-c2c(Cl)c3ccccc3n2-c2ccc(CNC(=O)C3(NC(=O)CC(F)(F)F)CC3)cc2)n1. The van der Waals surface area contributed by atoms with Crippen LogP contribution in [0.25, 0.3) is 28.1 Å². The number of alkyl halides is 3. The lowest BCUT2D eigenvalue weighted by Crippen LogP contribution is -2.49. The van der Waals surface area contributed by atoms with Crippen molar-refractivity contribution in [2.24, 2.45) is 7.05 Å². The van der Waals surface area contributed by atoms with Crippen molar-refractivity contribution in [2.75, 3.05) is 0 Å². The molecular formula is C24H21ClF3N7O2. The van der Waals surface area contributed by atoms with Gasteiger partial charge in [-0.2, -0.15) is 18.0 Å². The van der Waals surface area contributed by atoms with Crippen molar-refractivity contribution >= 4 is 34.3 Å². The number of benzene rings is 2. The summed E-state index contributed by atoms with van der Waals surface area (Å²) in [6.45, 7) is 0.141. The van der Waals surface area contributed by atoms with E-state index in [9.17, 15) is 22.8 Å². The second-order valence-electron chi connectivity index (χ2n) is 8.89. The Morgan fingerprint density at radius 3 is 2.43 bits per heavy atom. The minimum atomic E-state index is -4.63. The third-order valence-corrected chi connectivity index (χ3v) is 6.49. The van der Waals surface area contributed by atoms with Crippen LogP contribution in [0, 0.1) is 0 Å². The van der Waals surface area contributed by atoms with E-state index in [-0.39, 0.29) is 6.54 Å². The molecule has 1 saturated carbocycles. The number of aryl methyl sites for hydroxylation is 1. The van der Waals surface area contributed by atoms with Gasteiger partial charge in [-0.05, 0) is 41.8 Å². The molecule has 0 spiro atoms. The van der Waals surface area contributed by atoms with Crippen molar-refractivity contribution < 1.29 is 22.8 Å². The highest BCUT2D eigenvalue weighted by atomic mass is 35.5. The number of hydrogen-bond acceptors (Lipinski definition) is 5. The van der Waals surface area contributed by atoms with Gasteiger partial charge in [-0.1, -0.05) is 41.9 Å². The number of rotatable bonds is 7. The molecule has 2 heterocycles. The Morgan fingerprint density at radius 1 is 1.11 bits per heavy atom. The molecule has 4 aromatic rings. The van der Waals surface area contributed by atoms with E-state index in [1.807, 2.05) is 53.1 Å². The number of hydrogen-bond donors (Lipinski definition) is 2. The van der Waals surface area contributed by atoms with Crippen LogP contribution >= 0.6 is 11.6 Å². The summed E-state index contributed by atoms with van der Waals surface area (Å²) in [5.74, 6) is -1.36. The molecule has 0 atom stereocenters. The van der Waals surface area contributed by atoms with Crippen molar-refractivity contribution in [1.82, 2.24) is 35.4 Å². The Labute approximate surface area is 213 Å². The minimum absolute atomic E-state index is 0.141. The highest BCUT2D eigenvalue weighted by Gasteiger charge is 2.51. The maximum absolute atomic E-state index is 12.6. The predicted molar refractivity (Wildman–Crippen MR) is 129 cm³/mol. The van der Waals surface area contributed by atoms with Crippen molar-refractivity contribution in [3.63, 3.8) is 0 Å². The van der Waals surface area contributed by atoms with Crippen LogP contribution in [0.5, 0.6) is 0 Å². The molecule has 13 heteroatoms. The zero-order valence-electron chi connectivity index (χ0n) is 19.5. The number of amides is 2. The molecule has 0 unspecified atom stereocenters. The molecule has 2 aromatic heterocycles. The van der Waals surface area contributed by atoms with Gasteiger partial charge < -0.3 is 15.2 Å². The lowest BCUT2D eigenvalue weighted by atomic mass is 10.1. The molecule has 5 rings (SSSR count). The van der Waals surface area contributed by atoms with Crippen molar-refractivity contribution in [1.29, 1.82) is 0 Å². The number of halogens is 4. The van der Waals surface area contributed by atoms with Gasteiger partial charge in [0.05, 0.1) is 17.6 Å². The molecular weight excluding hydrogens is 511 g/mol. The smallest absolute Gasteiger partial charge is 0.350 e. The van der Waals surface area contributed by atoms with Gasteiger partial charge in [0.15, 0.2) is 0 Å². The van der Waals surface area contributed by atoms with Gasteiger partial charge in [-0.25, -0.2) is 0 Å². The summed E-state index contributed by atoms with van der Waals surface area (Å²) < 4.78 is 39.3. The van der Waals surface area contributed by atoms with Crippen LogP contribution in [0.2, 0.25) is 5.02 Å². The molecule has 1 fully saturated rings. The quantitative estimate of drug-likeness (QED) is 0.378. The number of carbonyl (C=O) groups excluding carboxylic acids is 2. The Kier molecular flexibility index (Phi) is 6.14. The van der Waals surface area contributed by atoms with Crippen LogP contribution in [-0.2, 0) is 23.2 Å². The summed E-state index contributed by atoms with van der Waals surface area (Å²) in [5.41, 5.74) is 1.69. The Hall–Kier alpha value is -3.93. The monoisotopic (exact) mass is 531 g/mol. The van der Waals surface area contributed by atoms with Crippen molar-refractivity contribution in [2.45, 2.75) is 37.5 Å². The van der Waals surface area contributed by atoms with Gasteiger partial charge in [0.1, 0.15) is 17.7 Å². The second kappa shape index (κ2) is 9.18. The summed E-state index contributed by atoms with van der Waals surface area (Å²) >= 11 is 6.71. The second-order valence-corrected chi connectivity index (χ2v) is 9.27. The van der Waals surface area contributed by atoms with Crippen LogP contribution in [0.3, 0.4) is 0 Å². The molecule has 1 aliphatic rings. The molecule has 37 heavy (non-hydrogen) atoms. The van der Waals surface area contributed by atoms with Gasteiger partial charge in [0, 0.05) is 17.6 Å². The normalized spacial score (nSPS) is 14.5. The van der Waals surface area contributed by atoms with E-state index < -0.39 is 30.0 Å². The number of fused-ring (bicyclic) bond motifs is 1. The fraction of sp³-hybridized carbons (Fsp3) is 0.292. The van der Waals surface area contributed by atoms with Gasteiger partial charge in [0.25, 0.3) is 0 Å². The molecule has 2 aromatic carbocycles. The predicted octanol–water partition coefficient (Wildman–Crippen LogP) is 3.69. The summed E-state index contributed by atoms with van der Waals surface area (Å²) in [6.07, 6.45) is -5.66. The molecule has 0 bridgehead atoms. The average Bonchev–Trinajstić information content (AvgIpc) is 3.40. The number of aromatic nitrogens is 5. The van der Waals surface area contributed by atoms with Crippen molar-refractivity contribution in [3.8, 4) is 17.2 Å². The highest BCUT2D eigenvalue weighted by molar-refractivity contribution is 6.38. The Bertz CT molecular complexity index is 1490. The molecule has 0 saturated heterocycles. The lowest BCUT2D eigenvalue weighted by Gasteiger charge is -2.18. The largest absolute Gasteiger partial charge is 0.397 e. The highest BCUT2D eigenvalue weighted by Crippen LogP contribution is 2.38. The van der Waals surface area contributed by atoms with Gasteiger partial charge in [-0.15, -0.1) is 10.2 Å². The molecule has 1 aliphatic carbocycles. The summed E-state index contributed by atoms with van der Waals surface area (Å²) in [4.78, 5) is 25.6. The topological polar surface area (TPSA) is 107 Å². The first-order chi connectivity index (χ1) is 17.6. The molecule has 0 aliphatic heterocycles. The Morgan fingerprint density at radius 2 is 1.81 bits per heavy atom. The fourth-order valence-corrected chi connectivity index (χ4v) is 4.52. The molecule has 2 amide bonds. The maximum atomic E-state index is 12.6. The zero-order chi connectivity index (χ0) is 26.4. The molecule has 9 nitrogen and oxygen atoms in total. The van der Waals surface area contributed by atoms with Gasteiger partial charge in [0.2, 0.25) is 17.6 Å². The van der Waals surface area contributed by atoms with Crippen LogP contribution < -0.4 is 10.6 Å². The van der Waals surface area contributed by atoms with Gasteiger partial charge >= 0.3 is 6.18 Å². The van der Waals surface area contributed by atoms with E-state index in [2.05, 4.69) is 26.0 Å². The minimum Gasteiger partial charge on any atom is -0.350 e. The maximum Gasteiger partial charge on any atom is 0.397 e. The van der Waals surface area contributed by atoms with E-state index >= 15 is 0 Å². The lowest BCUT2D eigenvalue weighted by molar-refractivity contribution is -0.155. The number of tetrazole rings is 1. The first-order valence-corrected chi connectivity index (χ1v) is 11.7. The summed E-state index contributed by atoms with van der Waals surface area (Å²) in [7, 11) is 1.66. The van der Waals surface area contributed by atoms with E-state index in [0.29, 0.717) is 29.4 Å². The van der Waals surface area contributed by atoms with E-state index in [1.54, 1.807) is 7.05 Å². The first kappa shape index (κ1) is 24.8. The fourth-order valence-electron chi connectivity index (χ4n) is 4.19. The summed E-state index contributed by atoms with van der Waals surface area (Å²) in [5, 5.41) is 18.6. The molecule has 192 valence electrons. The van der Waals surface area contributed by atoms with Crippen LogP contribution in [-0.4, -0.2) is 48.3 Å². The standard InChI is InChI=1S/C24H21ClF3N7O2/c1-34-32-21(31-33-34)20-19(25)16-4-2-3-5-17(16)35(20)15-8-6-14(7-9-15)13-29-22(37)23(10-11-23)30-18(36)12-24(26,27)28/h2-9H,10-13H2,1H3,(H,29,37)(H,30,36). The van der Waals surface area contributed by atoms with Crippen LogP contribution in [0.1, 0.15) is 24.8 Å². The van der Waals surface area contributed by atoms with Gasteiger partial charge in [-0.3, -0.25) is 9.59 Å². The van der Waals surface area contributed by atoms with E-state index in [0.717, 1.165) is 22.2 Å². The Balaban J connectivity index is 1.34. The number of nitrogens with zero attached hydrogens (tertiary/aromatic N) is 5. The van der Waals surface area contributed by atoms with E-state index in [1.165, 1.54) is 4.80 Å². The number of carbonyl (C=O) groups is 2. The zero-order valence-corrected chi connectivity index (χ0v) is 20.3. The summed E-state index contributed by atoms with van der Waals surface area (Å²) in [6, 6.07) is 14.9.